The Balaban J connectivity index is 1.38. The van der Waals surface area contributed by atoms with E-state index in [2.05, 4.69) is 33.0 Å². The number of hydrogen-bond donors (Lipinski definition) is 1. The van der Waals surface area contributed by atoms with Crippen molar-refractivity contribution in [1.82, 2.24) is 9.97 Å². The van der Waals surface area contributed by atoms with Gasteiger partial charge in [-0.15, -0.1) is 0 Å². The topological polar surface area (TPSA) is 61.7 Å². The summed E-state index contributed by atoms with van der Waals surface area (Å²) in [6.07, 6.45) is 1.87. The smallest absolute Gasteiger partial charge is 0.147 e. The van der Waals surface area contributed by atoms with Crippen LogP contribution in [-0.2, 0) is 0 Å². The highest BCUT2D eigenvalue weighted by Gasteiger charge is 2.21. The molecule has 168 valence electrons. The molecule has 1 aliphatic rings. The molecule has 6 nitrogen and oxygen atoms in total. The number of nitrogens with zero attached hydrogens (tertiary/aromatic N) is 4. The monoisotopic (exact) mass is 440 g/mol. The van der Waals surface area contributed by atoms with Crippen LogP contribution in [0.15, 0.2) is 60.8 Å². The van der Waals surface area contributed by atoms with E-state index in [4.69, 9.17) is 9.72 Å². The van der Waals surface area contributed by atoms with Crippen molar-refractivity contribution in [3.05, 3.63) is 71.9 Å². The molecular weight excluding hydrogens is 412 g/mol. The van der Waals surface area contributed by atoms with E-state index in [9.17, 15) is 5.11 Å². The highest BCUT2D eigenvalue weighted by molar-refractivity contribution is 5.83. The van der Waals surface area contributed by atoms with Crippen molar-refractivity contribution in [2.24, 2.45) is 0 Å². The van der Waals surface area contributed by atoms with Crippen LogP contribution in [0, 0.1) is 13.8 Å². The minimum absolute atomic E-state index is 0.355. The second kappa shape index (κ2) is 8.62. The summed E-state index contributed by atoms with van der Waals surface area (Å²) in [4.78, 5) is 14.3. The fraction of sp³-hybridized carbons (Fsp3) is 0.259. The summed E-state index contributed by atoms with van der Waals surface area (Å²) >= 11 is 0. The van der Waals surface area contributed by atoms with Crippen molar-refractivity contribution >= 4 is 22.5 Å². The average Bonchev–Trinajstić information content (AvgIpc) is 2.86. The number of anilines is 2. The normalized spacial score (nSPS) is 14.0. The van der Waals surface area contributed by atoms with Crippen molar-refractivity contribution in [1.29, 1.82) is 0 Å². The molecule has 1 saturated heterocycles. The lowest BCUT2D eigenvalue weighted by Gasteiger charge is -2.37. The number of phenolic OH excluding ortho intramolecular Hbond substituents is 1. The van der Waals surface area contributed by atoms with Crippen molar-refractivity contribution < 1.29 is 9.84 Å². The van der Waals surface area contributed by atoms with Crippen LogP contribution >= 0.6 is 0 Å². The third-order valence-corrected chi connectivity index (χ3v) is 6.38. The molecule has 33 heavy (non-hydrogen) atoms. The van der Waals surface area contributed by atoms with Crippen molar-refractivity contribution in [3.63, 3.8) is 0 Å². The van der Waals surface area contributed by atoms with Gasteiger partial charge in [-0.25, -0.2) is 4.98 Å². The van der Waals surface area contributed by atoms with Gasteiger partial charge in [-0.2, -0.15) is 0 Å². The van der Waals surface area contributed by atoms with E-state index in [0.717, 1.165) is 76.7 Å². The number of ether oxygens (including phenoxy) is 1. The van der Waals surface area contributed by atoms with E-state index < -0.39 is 0 Å². The summed E-state index contributed by atoms with van der Waals surface area (Å²) in [7, 11) is 1.72. The van der Waals surface area contributed by atoms with Gasteiger partial charge in [0.1, 0.15) is 17.3 Å². The molecule has 0 spiro atoms. The molecule has 1 aromatic heterocycles. The molecule has 3 aromatic carbocycles. The Kier molecular flexibility index (Phi) is 5.50. The minimum Gasteiger partial charge on any atom is -0.507 e. The van der Waals surface area contributed by atoms with Crippen molar-refractivity contribution in [2.45, 2.75) is 13.8 Å². The van der Waals surface area contributed by atoms with Crippen LogP contribution in [0.1, 0.15) is 11.1 Å². The third-order valence-electron chi connectivity index (χ3n) is 6.38. The summed E-state index contributed by atoms with van der Waals surface area (Å²) < 4.78 is 5.54. The zero-order valence-corrected chi connectivity index (χ0v) is 19.2. The molecule has 0 amide bonds. The Bertz CT molecular complexity index is 1290. The van der Waals surface area contributed by atoms with Gasteiger partial charge in [-0.1, -0.05) is 18.2 Å². The summed E-state index contributed by atoms with van der Waals surface area (Å²) in [5.41, 5.74) is 6.77. The molecule has 4 aromatic rings. The Labute approximate surface area is 194 Å². The first-order valence-electron chi connectivity index (χ1n) is 11.2. The molecule has 0 aliphatic carbocycles. The number of para-hydroxylation sites is 2. The van der Waals surface area contributed by atoms with Crippen molar-refractivity contribution in [3.8, 4) is 22.6 Å². The molecule has 0 atom stereocenters. The highest BCUT2D eigenvalue weighted by Crippen LogP contribution is 2.31. The van der Waals surface area contributed by atoms with E-state index in [-0.39, 0.29) is 0 Å². The molecule has 2 heterocycles. The lowest BCUT2D eigenvalue weighted by Crippen LogP contribution is -2.47. The van der Waals surface area contributed by atoms with Crippen LogP contribution in [-0.4, -0.2) is 48.4 Å². The van der Waals surface area contributed by atoms with E-state index >= 15 is 0 Å². The lowest BCUT2D eigenvalue weighted by molar-refractivity contribution is 0.413. The maximum Gasteiger partial charge on any atom is 0.147 e. The van der Waals surface area contributed by atoms with Crippen molar-refractivity contribution in [2.75, 3.05) is 43.1 Å². The number of phenols is 1. The van der Waals surface area contributed by atoms with Crippen LogP contribution in [0.5, 0.6) is 11.5 Å². The predicted molar refractivity (Wildman–Crippen MR) is 134 cm³/mol. The van der Waals surface area contributed by atoms with Gasteiger partial charge in [0.15, 0.2) is 0 Å². The van der Waals surface area contributed by atoms with Crippen LogP contribution in [0.4, 0.5) is 11.5 Å². The van der Waals surface area contributed by atoms with E-state index in [0.29, 0.717) is 5.75 Å². The molecule has 0 radical (unpaired) electrons. The van der Waals surface area contributed by atoms with Gasteiger partial charge in [0.25, 0.3) is 0 Å². The molecule has 1 fully saturated rings. The molecule has 6 heteroatoms. The van der Waals surface area contributed by atoms with Crippen LogP contribution in [0.25, 0.3) is 22.2 Å². The number of aromatic nitrogens is 2. The van der Waals surface area contributed by atoms with Gasteiger partial charge in [0, 0.05) is 26.2 Å². The van der Waals surface area contributed by atoms with E-state index in [1.165, 1.54) is 0 Å². The summed E-state index contributed by atoms with van der Waals surface area (Å²) in [6.45, 7) is 7.38. The maximum absolute atomic E-state index is 10.1. The van der Waals surface area contributed by atoms with E-state index in [1.54, 1.807) is 7.11 Å². The van der Waals surface area contributed by atoms with Gasteiger partial charge < -0.3 is 19.6 Å². The standard InChI is InChI=1S/C27H28N4O2/c1-18-14-21(15-19(2)27(18)32)20-8-9-22-23(16-20)29-26(17-28-22)31-12-10-30(11-13-31)24-6-4-5-7-25(24)33-3/h4-9,14-17,32H,10-13H2,1-3H3. The lowest BCUT2D eigenvalue weighted by atomic mass is 9.99. The number of aromatic hydroxyl groups is 1. The number of methoxy groups -OCH3 is 1. The number of aryl methyl sites for hydroxylation is 2. The molecule has 0 bridgehead atoms. The first kappa shape index (κ1) is 21.1. The fourth-order valence-electron chi connectivity index (χ4n) is 4.52. The first-order chi connectivity index (χ1) is 16.0. The minimum atomic E-state index is 0.355. The second-order valence-electron chi connectivity index (χ2n) is 8.54. The summed E-state index contributed by atoms with van der Waals surface area (Å²) in [5, 5.41) is 10.1. The molecule has 0 unspecified atom stereocenters. The molecule has 1 aliphatic heterocycles. The zero-order chi connectivity index (χ0) is 22.9. The summed E-state index contributed by atoms with van der Waals surface area (Å²) in [6, 6.07) is 18.3. The largest absolute Gasteiger partial charge is 0.507 e. The van der Waals surface area contributed by atoms with Gasteiger partial charge >= 0.3 is 0 Å². The molecule has 1 N–H and O–H groups in total. The Morgan fingerprint density at radius 1 is 0.818 bits per heavy atom. The number of benzene rings is 3. The first-order valence-corrected chi connectivity index (χ1v) is 11.2. The number of hydrogen-bond acceptors (Lipinski definition) is 6. The molecule has 5 rings (SSSR count). The average molecular weight is 441 g/mol. The van der Waals surface area contributed by atoms with Crippen LogP contribution < -0.4 is 14.5 Å². The predicted octanol–water partition coefficient (Wildman–Crippen LogP) is 4.95. The van der Waals surface area contributed by atoms with Gasteiger partial charge in [-0.05, 0) is 72.5 Å². The Hall–Kier alpha value is -3.80. The number of piperazine rings is 1. The Morgan fingerprint density at radius 2 is 1.52 bits per heavy atom. The fourth-order valence-corrected chi connectivity index (χ4v) is 4.52. The van der Waals surface area contributed by atoms with Gasteiger partial charge in [0.05, 0.1) is 30.0 Å². The number of rotatable bonds is 4. The van der Waals surface area contributed by atoms with Gasteiger partial charge in [0.2, 0.25) is 0 Å². The van der Waals surface area contributed by atoms with E-state index in [1.807, 2.05) is 56.4 Å². The van der Waals surface area contributed by atoms with Crippen LogP contribution in [0.3, 0.4) is 0 Å². The second-order valence-corrected chi connectivity index (χ2v) is 8.54. The number of fused-ring (bicyclic) bond motifs is 1. The SMILES string of the molecule is COc1ccccc1N1CCN(c2cnc3ccc(-c4cc(C)c(O)c(C)c4)cc3n2)CC1. The molecule has 0 saturated carbocycles. The zero-order valence-electron chi connectivity index (χ0n) is 19.2. The third kappa shape index (κ3) is 4.04. The van der Waals surface area contributed by atoms with Gasteiger partial charge in [-0.3, -0.25) is 4.98 Å². The van der Waals surface area contributed by atoms with Crippen LogP contribution in [0.2, 0.25) is 0 Å². The quantitative estimate of drug-likeness (QED) is 0.484. The summed E-state index contributed by atoms with van der Waals surface area (Å²) in [5.74, 6) is 2.16. The highest BCUT2D eigenvalue weighted by atomic mass is 16.5. The maximum atomic E-state index is 10.1. The molecular formula is C27H28N4O2. The Morgan fingerprint density at radius 3 is 2.24 bits per heavy atom.